The van der Waals surface area contributed by atoms with Gasteiger partial charge in [0, 0.05) is 28.7 Å². The average molecular weight is 809 g/mol. The summed E-state index contributed by atoms with van der Waals surface area (Å²) in [6.45, 7) is 1.84. The molecule has 2 saturated heterocycles. The third kappa shape index (κ3) is 11.7. The standard InChI is InChI=1S/C22H24F2O.C16H21BrO.C6H4BF2O2/c23-20-11-19(12-21(24)13-20)16-5-7-17(8-6-16)22-10-9-18(14-25-22)15-3-1-2-4-15;17-15-8-5-13(6-9-15)16-10-7-14(11-18-16)12-3-1-2-4-12;8-4-1-5(9)3-6(2-4)11-7-10/h5-8,11-13,15,18,22H,1-4,9-10,14H2;5-6,8-9,12,14,16H,1-4,7,10-11H2;1-3,10H. The molecule has 10 heteroatoms. The highest BCUT2D eigenvalue weighted by Crippen LogP contribution is 2.41. The molecule has 4 nitrogen and oxygen atoms in total. The predicted molar refractivity (Wildman–Crippen MR) is 208 cm³/mol. The molecular weight excluding hydrogens is 759 g/mol. The third-order valence-corrected chi connectivity index (χ3v) is 12.0. The molecule has 0 bridgehead atoms. The van der Waals surface area contributed by atoms with E-state index < -0.39 is 23.3 Å². The smallest absolute Gasteiger partial charge is 0.537 e. The van der Waals surface area contributed by atoms with Gasteiger partial charge in [0.25, 0.3) is 0 Å². The van der Waals surface area contributed by atoms with E-state index in [9.17, 15) is 17.6 Å². The molecule has 4 atom stereocenters. The summed E-state index contributed by atoms with van der Waals surface area (Å²) in [5, 5.41) is 8.11. The fraction of sp³-hybridized carbons (Fsp3) is 0.455. The van der Waals surface area contributed by atoms with Crippen molar-refractivity contribution in [1.29, 1.82) is 0 Å². The Labute approximate surface area is 326 Å². The zero-order chi connectivity index (χ0) is 37.9. The van der Waals surface area contributed by atoms with Gasteiger partial charge in [-0.25, -0.2) is 17.6 Å². The maximum atomic E-state index is 13.4. The van der Waals surface area contributed by atoms with E-state index in [4.69, 9.17) is 14.5 Å². The number of halogens is 5. The molecule has 0 spiro atoms. The second kappa shape index (κ2) is 20.1. The van der Waals surface area contributed by atoms with Crippen molar-refractivity contribution >= 4 is 23.6 Å². The Morgan fingerprint density at radius 3 is 1.35 bits per heavy atom. The molecule has 4 aromatic carbocycles. The summed E-state index contributed by atoms with van der Waals surface area (Å²) in [5.74, 6) is 0.712. The maximum absolute atomic E-state index is 13.4. The SMILES string of the molecule is Brc1ccc(C2CCC(C3CCCC3)CO2)cc1.Fc1cc(F)cc(-c2ccc(C3CCC(C4CCCC4)CO3)cc2)c1.O[B]Oc1cc(F)cc(F)c1. The molecule has 2 aliphatic carbocycles. The van der Waals surface area contributed by atoms with Gasteiger partial charge in [-0.2, -0.15) is 0 Å². The van der Waals surface area contributed by atoms with Crippen LogP contribution in [-0.4, -0.2) is 25.9 Å². The minimum atomic E-state index is -0.748. The van der Waals surface area contributed by atoms with Crippen LogP contribution in [-0.2, 0) is 9.47 Å². The topological polar surface area (TPSA) is 47.9 Å². The Morgan fingerprint density at radius 1 is 0.519 bits per heavy atom. The lowest BCUT2D eigenvalue weighted by Gasteiger charge is -2.32. The first-order valence-electron chi connectivity index (χ1n) is 19.4. The van der Waals surface area contributed by atoms with Crippen molar-refractivity contribution < 1.29 is 36.7 Å². The summed E-state index contributed by atoms with van der Waals surface area (Å²) in [5.41, 5.74) is 3.88. The predicted octanol–water partition coefficient (Wildman–Crippen LogP) is 12.3. The number of benzene rings is 4. The highest BCUT2D eigenvalue weighted by atomic mass is 79.9. The molecule has 2 heterocycles. The summed E-state index contributed by atoms with van der Waals surface area (Å²) < 4.78 is 69.2. The normalized spacial score (nSPS) is 23.1. The third-order valence-electron chi connectivity index (χ3n) is 11.5. The lowest BCUT2D eigenvalue weighted by atomic mass is 9.84. The zero-order valence-corrected chi connectivity index (χ0v) is 32.2. The molecule has 2 aliphatic heterocycles. The van der Waals surface area contributed by atoms with Crippen LogP contribution >= 0.6 is 15.9 Å². The van der Waals surface area contributed by atoms with E-state index in [1.54, 1.807) is 0 Å². The lowest BCUT2D eigenvalue weighted by Crippen LogP contribution is -2.25. The first-order valence-corrected chi connectivity index (χ1v) is 20.2. The van der Waals surface area contributed by atoms with Gasteiger partial charge >= 0.3 is 7.69 Å². The lowest BCUT2D eigenvalue weighted by molar-refractivity contribution is -0.0329. The van der Waals surface area contributed by atoms with Crippen LogP contribution in [0.1, 0.15) is 100 Å². The van der Waals surface area contributed by atoms with Crippen LogP contribution in [0.5, 0.6) is 5.75 Å². The van der Waals surface area contributed by atoms with Gasteiger partial charge in [0.05, 0.1) is 25.4 Å². The summed E-state index contributed by atoms with van der Waals surface area (Å²) >= 11 is 3.48. The largest absolute Gasteiger partial charge is 0.569 e. The highest BCUT2D eigenvalue weighted by molar-refractivity contribution is 9.10. The van der Waals surface area contributed by atoms with Crippen molar-refractivity contribution in [2.24, 2.45) is 23.7 Å². The molecule has 4 fully saturated rings. The zero-order valence-electron chi connectivity index (χ0n) is 30.6. The van der Waals surface area contributed by atoms with Crippen LogP contribution in [0.4, 0.5) is 17.6 Å². The highest BCUT2D eigenvalue weighted by Gasteiger charge is 2.31. The molecule has 287 valence electrons. The van der Waals surface area contributed by atoms with E-state index in [2.05, 4.69) is 44.8 Å². The minimum absolute atomic E-state index is 0.0787. The summed E-state index contributed by atoms with van der Waals surface area (Å²) in [4.78, 5) is 0. The monoisotopic (exact) mass is 807 g/mol. The number of ether oxygens (including phenoxy) is 2. The van der Waals surface area contributed by atoms with Crippen LogP contribution in [0, 0.1) is 46.9 Å². The first-order chi connectivity index (χ1) is 26.2. The Morgan fingerprint density at radius 2 is 0.944 bits per heavy atom. The number of hydrogen-bond acceptors (Lipinski definition) is 4. The van der Waals surface area contributed by atoms with Crippen LogP contribution in [0.2, 0.25) is 0 Å². The Hall–Kier alpha value is -3.18. The summed E-state index contributed by atoms with van der Waals surface area (Å²) in [6, 6.07) is 22.7. The van der Waals surface area contributed by atoms with E-state index in [0.29, 0.717) is 25.4 Å². The molecule has 4 unspecified atom stereocenters. The van der Waals surface area contributed by atoms with E-state index in [0.717, 1.165) is 77.1 Å². The number of hydrogen-bond donors (Lipinski definition) is 1. The van der Waals surface area contributed by atoms with Gasteiger partial charge in [0.1, 0.15) is 29.0 Å². The van der Waals surface area contributed by atoms with Crippen molar-refractivity contribution in [1.82, 2.24) is 0 Å². The van der Waals surface area contributed by atoms with Crippen molar-refractivity contribution in [3.05, 3.63) is 124 Å². The van der Waals surface area contributed by atoms with Gasteiger partial charge in [0.2, 0.25) is 0 Å². The second-order valence-corrected chi connectivity index (χ2v) is 16.0. The van der Waals surface area contributed by atoms with Gasteiger partial charge in [0.15, 0.2) is 0 Å². The van der Waals surface area contributed by atoms with E-state index >= 15 is 0 Å². The van der Waals surface area contributed by atoms with Gasteiger partial charge in [-0.15, -0.1) is 0 Å². The molecule has 4 aromatic rings. The first kappa shape index (κ1) is 40.5. The molecule has 8 rings (SSSR count). The van der Waals surface area contributed by atoms with Gasteiger partial charge < -0.3 is 19.2 Å². The summed E-state index contributed by atoms with van der Waals surface area (Å²) in [6.07, 6.45) is 16.6. The Balaban J connectivity index is 0.000000150. The van der Waals surface area contributed by atoms with E-state index in [1.807, 2.05) is 24.3 Å². The van der Waals surface area contributed by atoms with E-state index in [-0.39, 0.29) is 11.9 Å². The maximum Gasteiger partial charge on any atom is 0.569 e. The average Bonchev–Trinajstić information content (AvgIpc) is 3.92. The van der Waals surface area contributed by atoms with Gasteiger partial charge in [-0.1, -0.05) is 104 Å². The Kier molecular flexibility index (Phi) is 15.1. The van der Waals surface area contributed by atoms with Crippen molar-refractivity contribution in [3.8, 4) is 16.9 Å². The van der Waals surface area contributed by atoms with Crippen LogP contribution in [0.25, 0.3) is 11.1 Å². The molecule has 0 aromatic heterocycles. The second-order valence-electron chi connectivity index (χ2n) is 15.1. The van der Waals surface area contributed by atoms with Crippen molar-refractivity contribution in [3.63, 3.8) is 0 Å². The minimum Gasteiger partial charge on any atom is -0.537 e. The molecule has 4 aliphatic rings. The molecule has 54 heavy (non-hydrogen) atoms. The van der Waals surface area contributed by atoms with Gasteiger partial charge in [-0.05, 0) is 95.9 Å². The van der Waals surface area contributed by atoms with Crippen LogP contribution < -0.4 is 4.65 Å². The van der Waals surface area contributed by atoms with Crippen molar-refractivity contribution in [2.45, 2.75) is 89.3 Å². The molecular formula is C44H49BBrF4O4. The quantitative estimate of drug-likeness (QED) is 0.149. The Bertz CT molecular complexity index is 1690. The molecule has 0 amide bonds. The van der Waals surface area contributed by atoms with Crippen LogP contribution in [0.3, 0.4) is 0 Å². The van der Waals surface area contributed by atoms with E-state index in [1.165, 1.54) is 88.3 Å². The molecule has 1 N–H and O–H groups in total. The molecule has 2 saturated carbocycles. The molecule has 1 radical (unpaired) electrons. The van der Waals surface area contributed by atoms with Gasteiger partial charge in [-0.3, -0.25) is 0 Å². The fourth-order valence-electron chi connectivity index (χ4n) is 8.62. The fourth-order valence-corrected chi connectivity index (χ4v) is 8.88. The number of rotatable bonds is 7. The van der Waals surface area contributed by atoms with Crippen LogP contribution in [0.15, 0.2) is 89.4 Å². The van der Waals surface area contributed by atoms with Crippen molar-refractivity contribution in [2.75, 3.05) is 13.2 Å². The summed E-state index contributed by atoms with van der Waals surface area (Å²) in [7, 11) is 0.355.